The van der Waals surface area contributed by atoms with Crippen LogP contribution < -0.4 is 5.32 Å². The lowest BCUT2D eigenvalue weighted by molar-refractivity contribution is -0.137. The molecule has 0 radical (unpaired) electrons. The van der Waals surface area contributed by atoms with Gasteiger partial charge in [0.05, 0.1) is 5.92 Å². The molecule has 0 bridgehead atoms. The number of rotatable bonds is 8. The average Bonchev–Trinajstić information content (AvgIpc) is 3.30. The molecule has 1 aromatic rings. The number of carbonyl (C=O) groups excluding carboxylic acids is 2. The van der Waals surface area contributed by atoms with Gasteiger partial charge >= 0.3 is 5.97 Å². The number of hydrogen-bond donors (Lipinski definition) is 2. The standard InChI is InChI=1S/C21H28N2O4/c24-19-13-16(14-23(19)18-8-4-5-9-18)21(27)22-17(10-11-20(25)26)12-15-6-2-1-3-7-15/h1-3,6-7,16-18H,4-5,8-14H2,(H,22,27)(H,25,26). The van der Waals surface area contributed by atoms with Crippen molar-refractivity contribution in [2.45, 2.75) is 63.5 Å². The predicted molar refractivity (Wildman–Crippen MR) is 101 cm³/mol. The Kier molecular flexibility index (Phi) is 6.48. The summed E-state index contributed by atoms with van der Waals surface area (Å²) in [7, 11) is 0. The lowest BCUT2D eigenvalue weighted by atomic mass is 10.00. The first-order valence-electron chi connectivity index (χ1n) is 9.88. The molecule has 2 unspecified atom stereocenters. The van der Waals surface area contributed by atoms with Crippen molar-refractivity contribution in [3.05, 3.63) is 35.9 Å². The normalized spacial score (nSPS) is 21.4. The second kappa shape index (κ2) is 9.02. The van der Waals surface area contributed by atoms with E-state index in [1.165, 1.54) is 0 Å². The number of nitrogens with one attached hydrogen (secondary N) is 1. The summed E-state index contributed by atoms with van der Waals surface area (Å²) in [6.45, 7) is 0.492. The molecule has 1 heterocycles. The predicted octanol–water partition coefficient (Wildman–Crippen LogP) is 2.37. The van der Waals surface area contributed by atoms with E-state index < -0.39 is 5.97 Å². The molecule has 146 valence electrons. The number of amides is 2. The molecule has 2 N–H and O–H groups in total. The quantitative estimate of drug-likeness (QED) is 0.733. The summed E-state index contributed by atoms with van der Waals surface area (Å²) in [6, 6.07) is 9.79. The van der Waals surface area contributed by atoms with Crippen molar-refractivity contribution in [2.75, 3.05) is 6.54 Å². The maximum Gasteiger partial charge on any atom is 0.303 e. The minimum Gasteiger partial charge on any atom is -0.481 e. The van der Waals surface area contributed by atoms with Crippen molar-refractivity contribution >= 4 is 17.8 Å². The third kappa shape index (κ3) is 5.31. The molecule has 2 atom stereocenters. The SMILES string of the molecule is O=C(O)CCC(Cc1ccccc1)NC(=O)C1CC(=O)N(C2CCCC2)C1. The van der Waals surface area contributed by atoms with Crippen LogP contribution in [0.25, 0.3) is 0 Å². The van der Waals surface area contributed by atoms with Crippen LogP contribution in [0, 0.1) is 5.92 Å². The lowest BCUT2D eigenvalue weighted by Gasteiger charge is -2.24. The highest BCUT2D eigenvalue weighted by atomic mass is 16.4. The second-order valence-corrected chi connectivity index (χ2v) is 7.71. The van der Waals surface area contributed by atoms with Crippen LogP contribution in [0.4, 0.5) is 0 Å². The Bertz CT molecular complexity index is 670. The number of aliphatic carboxylic acids is 1. The fraction of sp³-hybridized carbons (Fsp3) is 0.571. The minimum absolute atomic E-state index is 0.00950. The second-order valence-electron chi connectivity index (χ2n) is 7.71. The van der Waals surface area contributed by atoms with Crippen LogP contribution in [-0.2, 0) is 20.8 Å². The molecule has 6 heteroatoms. The molecule has 3 rings (SSSR count). The molecular formula is C21H28N2O4. The first kappa shape index (κ1) is 19.4. The Labute approximate surface area is 159 Å². The first-order valence-corrected chi connectivity index (χ1v) is 9.88. The van der Waals surface area contributed by atoms with Gasteiger partial charge in [-0.2, -0.15) is 0 Å². The number of carboxylic acids is 1. The highest BCUT2D eigenvalue weighted by Crippen LogP contribution is 2.29. The number of carbonyl (C=O) groups is 3. The van der Waals surface area contributed by atoms with Crippen molar-refractivity contribution in [3.8, 4) is 0 Å². The van der Waals surface area contributed by atoms with Gasteiger partial charge in [0, 0.05) is 31.5 Å². The highest BCUT2D eigenvalue weighted by molar-refractivity contribution is 5.89. The summed E-state index contributed by atoms with van der Waals surface area (Å²) in [4.78, 5) is 38.0. The van der Waals surface area contributed by atoms with E-state index in [0.29, 0.717) is 25.4 Å². The van der Waals surface area contributed by atoms with Gasteiger partial charge < -0.3 is 15.3 Å². The van der Waals surface area contributed by atoms with Crippen molar-refractivity contribution in [3.63, 3.8) is 0 Å². The lowest BCUT2D eigenvalue weighted by Crippen LogP contribution is -2.42. The summed E-state index contributed by atoms with van der Waals surface area (Å²) in [5.74, 6) is -1.26. The van der Waals surface area contributed by atoms with E-state index in [0.717, 1.165) is 31.2 Å². The van der Waals surface area contributed by atoms with Gasteiger partial charge in [-0.25, -0.2) is 0 Å². The van der Waals surface area contributed by atoms with Crippen LogP contribution in [0.15, 0.2) is 30.3 Å². The number of likely N-dealkylation sites (tertiary alicyclic amines) is 1. The minimum atomic E-state index is -0.870. The number of benzene rings is 1. The fourth-order valence-corrected chi connectivity index (χ4v) is 4.22. The zero-order valence-electron chi connectivity index (χ0n) is 15.6. The maximum absolute atomic E-state index is 12.8. The van der Waals surface area contributed by atoms with Gasteiger partial charge in [0.2, 0.25) is 11.8 Å². The Morgan fingerprint density at radius 2 is 1.89 bits per heavy atom. The van der Waals surface area contributed by atoms with Crippen molar-refractivity contribution in [1.82, 2.24) is 10.2 Å². The van der Waals surface area contributed by atoms with E-state index >= 15 is 0 Å². The van der Waals surface area contributed by atoms with E-state index in [1.54, 1.807) is 0 Å². The summed E-state index contributed by atoms with van der Waals surface area (Å²) in [5, 5.41) is 12.0. The van der Waals surface area contributed by atoms with Crippen LogP contribution in [0.1, 0.15) is 50.5 Å². The molecule has 6 nitrogen and oxygen atoms in total. The van der Waals surface area contributed by atoms with E-state index in [4.69, 9.17) is 5.11 Å². The highest BCUT2D eigenvalue weighted by Gasteiger charge is 2.39. The van der Waals surface area contributed by atoms with Crippen LogP contribution in [-0.4, -0.2) is 46.4 Å². The summed E-state index contributed by atoms with van der Waals surface area (Å²) in [6.07, 6.45) is 5.62. The fourth-order valence-electron chi connectivity index (χ4n) is 4.22. The smallest absolute Gasteiger partial charge is 0.303 e. The molecule has 2 amide bonds. The van der Waals surface area contributed by atoms with Gasteiger partial charge in [-0.05, 0) is 31.2 Å². The molecule has 2 aliphatic rings. The Hall–Kier alpha value is -2.37. The van der Waals surface area contributed by atoms with Crippen LogP contribution >= 0.6 is 0 Å². The molecular weight excluding hydrogens is 344 g/mol. The summed E-state index contributed by atoms with van der Waals surface area (Å²) < 4.78 is 0. The largest absolute Gasteiger partial charge is 0.481 e. The molecule has 1 aliphatic heterocycles. The maximum atomic E-state index is 12.8. The van der Waals surface area contributed by atoms with Gasteiger partial charge in [-0.3, -0.25) is 14.4 Å². The van der Waals surface area contributed by atoms with Crippen molar-refractivity contribution < 1.29 is 19.5 Å². The average molecular weight is 372 g/mol. The van der Waals surface area contributed by atoms with Gasteiger partial charge in [0.15, 0.2) is 0 Å². The zero-order valence-corrected chi connectivity index (χ0v) is 15.6. The van der Waals surface area contributed by atoms with Crippen molar-refractivity contribution in [1.29, 1.82) is 0 Å². The first-order chi connectivity index (χ1) is 13.0. The molecule has 0 aromatic heterocycles. The van der Waals surface area contributed by atoms with E-state index in [-0.39, 0.29) is 36.6 Å². The van der Waals surface area contributed by atoms with Crippen LogP contribution in [0.5, 0.6) is 0 Å². The number of carboxylic acid groups (broad SMARTS) is 1. The molecule has 1 saturated heterocycles. The Balaban J connectivity index is 1.59. The summed E-state index contributed by atoms with van der Waals surface area (Å²) in [5.41, 5.74) is 1.06. The van der Waals surface area contributed by atoms with Crippen molar-refractivity contribution in [2.24, 2.45) is 5.92 Å². The summed E-state index contributed by atoms with van der Waals surface area (Å²) >= 11 is 0. The molecule has 0 spiro atoms. The zero-order chi connectivity index (χ0) is 19.2. The monoisotopic (exact) mass is 372 g/mol. The number of hydrogen-bond acceptors (Lipinski definition) is 3. The third-order valence-electron chi connectivity index (χ3n) is 5.67. The molecule has 2 fully saturated rings. The molecule has 1 saturated carbocycles. The molecule has 1 aliphatic carbocycles. The number of nitrogens with zero attached hydrogens (tertiary/aromatic N) is 1. The van der Waals surface area contributed by atoms with Crippen LogP contribution in [0.2, 0.25) is 0 Å². The Morgan fingerprint density at radius 1 is 1.19 bits per heavy atom. The molecule has 27 heavy (non-hydrogen) atoms. The van der Waals surface area contributed by atoms with Crippen LogP contribution in [0.3, 0.4) is 0 Å². The molecule has 1 aromatic carbocycles. The van der Waals surface area contributed by atoms with E-state index in [9.17, 15) is 14.4 Å². The van der Waals surface area contributed by atoms with Gasteiger partial charge in [-0.1, -0.05) is 43.2 Å². The van der Waals surface area contributed by atoms with E-state index in [1.807, 2.05) is 35.2 Å². The third-order valence-corrected chi connectivity index (χ3v) is 5.67. The topological polar surface area (TPSA) is 86.7 Å². The van der Waals surface area contributed by atoms with Gasteiger partial charge in [0.25, 0.3) is 0 Å². The van der Waals surface area contributed by atoms with E-state index in [2.05, 4.69) is 5.32 Å². The Morgan fingerprint density at radius 3 is 2.56 bits per heavy atom. The van der Waals surface area contributed by atoms with Gasteiger partial charge in [-0.15, -0.1) is 0 Å². The van der Waals surface area contributed by atoms with Gasteiger partial charge in [0.1, 0.15) is 0 Å².